The first-order valence-electron chi connectivity index (χ1n) is 8.79. The number of benzene rings is 1. The van der Waals surface area contributed by atoms with Crippen LogP contribution in [-0.2, 0) is 4.79 Å². The van der Waals surface area contributed by atoms with Crippen LogP contribution in [0.25, 0.3) is 0 Å². The summed E-state index contributed by atoms with van der Waals surface area (Å²) < 4.78 is 16.1. The fourth-order valence-corrected chi connectivity index (χ4v) is 2.95. The molecule has 1 aliphatic rings. The molecule has 0 unspecified atom stereocenters. The highest BCUT2D eigenvalue weighted by Crippen LogP contribution is 2.25. The molecule has 8 heteroatoms. The summed E-state index contributed by atoms with van der Waals surface area (Å²) in [5.74, 6) is 3.15. The van der Waals surface area contributed by atoms with Crippen molar-refractivity contribution in [3.05, 3.63) is 36.2 Å². The van der Waals surface area contributed by atoms with Crippen LogP contribution in [0.15, 0.2) is 30.3 Å². The average molecular weight is 372 g/mol. The Balaban J connectivity index is 1.54. The van der Waals surface area contributed by atoms with Crippen molar-refractivity contribution in [2.45, 2.75) is 6.92 Å². The van der Waals surface area contributed by atoms with E-state index in [-0.39, 0.29) is 12.5 Å². The number of carbonyl (C=O) groups excluding carboxylic acids is 1. The molecule has 1 aliphatic heterocycles. The second-order valence-corrected chi connectivity index (χ2v) is 6.12. The molecular weight excluding hydrogens is 348 g/mol. The summed E-state index contributed by atoms with van der Waals surface area (Å²) >= 11 is 0. The lowest BCUT2D eigenvalue weighted by atomic mass is 10.3. The first-order chi connectivity index (χ1) is 13.1. The fraction of sp³-hybridized carbons (Fsp3) is 0.421. The maximum Gasteiger partial charge on any atom is 0.260 e. The summed E-state index contributed by atoms with van der Waals surface area (Å²) in [4.78, 5) is 25.1. The number of hydrogen-bond acceptors (Lipinski definition) is 7. The number of hydrogen-bond donors (Lipinski definition) is 0. The van der Waals surface area contributed by atoms with Gasteiger partial charge in [0.1, 0.15) is 11.6 Å². The van der Waals surface area contributed by atoms with Crippen molar-refractivity contribution in [1.29, 1.82) is 0 Å². The lowest BCUT2D eigenvalue weighted by molar-refractivity contribution is -0.133. The number of amides is 1. The van der Waals surface area contributed by atoms with E-state index in [4.69, 9.17) is 14.2 Å². The third-order valence-corrected chi connectivity index (χ3v) is 4.39. The van der Waals surface area contributed by atoms with Crippen molar-refractivity contribution >= 4 is 11.7 Å². The minimum absolute atomic E-state index is 0.0131. The van der Waals surface area contributed by atoms with Crippen LogP contribution >= 0.6 is 0 Å². The normalized spacial score (nSPS) is 14.0. The van der Waals surface area contributed by atoms with E-state index in [1.165, 1.54) is 0 Å². The van der Waals surface area contributed by atoms with Crippen LogP contribution in [0.2, 0.25) is 0 Å². The lowest BCUT2D eigenvalue weighted by Gasteiger charge is -2.35. The molecule has 0 saturated carbocycles. The third kappa shape index (κ3) is 4.58. The topological polar surface area (TPSA) is 77.0 Å². The van der Waals surface area contributed by atoms with E-state index in [0.717, 1.165) is 5.82 Å². The Morgan fingerprint density at radius 3 is 2.41 bits per heavy atom. The Bertz CT molecular complexity index is 791. The highest BCUT2D eigenvalue weighted by atomic mass is 16.5. The number of ether oxygens (including phenoxy) is 3. The summed E-state index contributed by atoms with van der Waals surface area (Å²) in [6.45, 7) is 4.43. The van der Waals surface area contributed by atoms with Gasteiger partial charge < -0.3 is 24.0 Å². The Kier molecular flexibility index (Phi) is 5.95. The quantitative estimate of drug-likeness (QED) is 0.761. The Morgan fingerprint density at radius 2 is 1.74 bits per heavy atom. The number of rotatable bonds is 6. The lowest BCUT2D eigenvalue weighted by Crippen LogP contribution is -2.50. The molecule has 1 aromatic heterocycles. The predicted octanol–water partition coefficient (Wildman–Crippen LogP) is 1.53. The second kappa shape index (κ2) is 8.57. The standard InChI is InChI=1S/C19H24N4O4/c1-14-20-17(12-18(21-14)26-3)22-8-10-23(11-9-22)19(24)13-27-16-7-5-4-6-15(16)25-2/h4-7,12H,8-11,13H2,1-3H3. The largest absolute Gasteiger partial charge is 0.493 e. The number of methoxy groups -OCH3 is 2. The Labute approximate surface area is 158 Å². The van der Waals surface area contributed by atoms with Gasteiger partial charge in [-0.1, -0.05) is 12.1 Å². The van der Waals surface area contributed by atoms with E-state index in [1.54, 1.807) is 31.3 Å². The van der Waals surface area contributed by atoms with Gasteiger partial charge in [-0.05, 0) is 19.1 Å². The minimum Gasteiger partial charge on any atom is -0.493 e. The van der Waals surface area contributed by atoms with Crippen LogP contribution in [0, 0.1) is 6.92 Å². The van der Waals surface area contributed by atoms with Crippen LogP contribution in [0.1, 0.15) is 5.82 Å². The summed E-state index contributed by atoms with van der Waals surface area (Å²) in [6.07, 6.45) is 0. The van der Waals surface area contributed by atoms with Crippen molar-refractivity contribution in [2.75, 3.05) is 51.9 Å². The first kappa shape index (κ1) is 18.8. The number of para-hydroxylation sites is 2. The Hall–Kier alpha value is -3.03. The van der Waals surface area contributed by atoms with Gasteiger partial charge in [0.2, 0.25) is 5.88 Å². The van der Waals surface area contributed by atoms with Crippen LogP contribution in [0.5, 0.6) is 17.4 Å². The third-order valence-electron chi connectivity index (χ3n) is 4.39. The molecule has 2 aromatic rings. The minimum atomic E-state index is -0.0444. The molecule has 27 heavy (non-hydrogen) atoms. The van der Waals surface area contributed by atoms with Gasteiger partial charge in [0.05, 0.1) is 14.2 Å². The van der Waals surface area contributed by atoms with Gasteiger partial charge in [0.15, 0.2) is 18.1 Å². The molecule has 0 bridgehead atoms. The number of anilines is 1. The summed E-state index contributed by atoms with van der Waals surface area (Å²) in [7, 11) is 3.16. The van der Waals surface area contributed by atoms with Crippen LogP contribution in [0.4, 0.5) is 5.82 Å². The molecule has 0 radical (unpaired) electrons. The molecule has 0 spiro atoms. The van der Waals surface area contributed by atoms with Crippen molar-refractivity contribution in [1.82, 2.24) is 14.9 Å². The molecule has 1 aromatic carbocycles. The van der Waals surface area contributed by atoms with Gasteiger partial charge in [-0.15, -0.1) is 0 Å². The van der Waals surface area contributed by atoms with E-state index >= 15 is 0 Å². The number of piperazine rings is 1. The molecule has 8 nitrogen and oxygen atoms in total. The number of nitrogens with zero attached hydrogens (tertiary/aromatic N) is 4. The number of aromatic nitrogens is 2. The maximum absolute atomic E-state index is 12.5. The zero-order chi connectivity index (χ0) is 19.2. The molecular formula is C19H24N4O4. The number of carbonyl (C=O) groups is 1. The second-order valence-electron chi connectivity index (χ2n) is 6.12. The van der Waals surface area contributed by atoms with Gasteiger partial charge >= 0.3 is 0 Å². The summed E-state index contributed by atoms with van der Waals surface area (Å²) in [5, 5.41) is 0. The van der Waals surface area contributed by atoms with Crippen molar-refractivity contribution in [2.24, 2.45) is 0 Å². The van der Waals surface area contributed by atoms with Crippen LogP contribution in [-0.4, -0.2) is 67.8 Å². The van der Waals surface area contributed by atoms with Gasteiger partial charge in [0.25, 0.3) is 5.91 Å². The molecule has 1 saturated heterocycles. The van der Waals surface area contributed by atoms with Crippen LogP contribution < -0.4 is 19.1 Å². The Morgan fingerprint density at radius 1 is 1.04 bits per heavy atom. The monoisotopic (exact) mass is 372 g/mol. The molecule has 1 amide bonds. The van der Waals surface area contributed by atoms with E-state index < -0.39 is 0 Å². The zero-order valence-corrected chi connectivity index (χ0v) is 15.8. The van der Waals surface area contributed by atoms with Gasteiger partial charge in [-0.3, -0.25) is 4.79 Å². The van der Waals surface area contributed by atoms with E-state index in [2.05, 4.69) is 14.9 Å². The SMILES string of the molecule is COc1cc(N2CCN(C(=O)COc3ccccc3OC)CC2)nc(C)n1. The molecule has 144 valence electrons. The highest BCUT2D eigenvalue weighted by Gasteiger charge is 2.23. The van der Waals surface area contributed by atoms with Crippen molar-refractivity contribution < 1.29 is 19.0 Å². The van der Waals surface area contributed by atoms with Gasteiger partial charge in [0, 0.05) is 32.2 Å². The average Bonchev–Trinajstić information content (AvgIpc) is 2.71. The molecule has 0 N–H and O–H groups in total. The zero-order valence-electron chi connectivity index (χ0n) is 15.8. The molecule has 0 atom stereocenters. The molecule has 1 fully saturated rings. The van der Waals surface area contributed by atoms with E-state index in [9.17, 15) is 4.79 Å². The fourth-order valence-electron chi connectivity index (χ4n) is 2.95. The van der Waals surface area contributed by atoms with Crippen molar-refractivity contribution in [3.63, 3.8) is 0 Å². The first-order valence-corrected chi connectivity index (χ1v) is 8.79. The predicted molar refractivity (Wildman–Crippen MR) is 101 cm³/mol. The molecule has 3 rings (SSSR count). The number of aryl methyl sites for hydroxylation is 1. The maximum atomic E-state index is 12.5. The highest BCUT2D eigenvalue weighted by molar-refractivity contribution is 5.78. The molecule has 0 aliphatic carbocycles. The summed E-state index contributed by atoms with van der Waals surface area (Å²) in [5.41, 5.74) is 0. The van der Waals surface area contributed by atoms with E-state index in [1.807, 2.05) is 25.1 Å². The summed E-state index contributed by atoms with van der Waals surface area (Å²) in [6, 6.07) is 9.11. The van der Waals surface area contributed by atoms with Crippen molar-refractivity contribution in [3.8, 4) is 17.4 Å². The van der Waals surface area contributed by atoms with E-state index in [0.29, 0.717) is 49.4 Å². The molecule has 2 heterocycles. The smallest absolute Gasteiger partial charge is 0.260 e. The van der Waals surface area contributed by atoms with Gasteiger partial charge in [-0.25, -0.2) is 4.98 Å². The van der Waals surface area contributed by atoms with Crippen LogP contribution in [0.3, 0.4) is 0 Å². The van der Waals surface area contributed by atoms with Gasteiger partial charge in [-0.2, -0.15) is 4.98 Å².